The highest BCUT2D eigenvalue weighted by Gasteiger charge is 2.18. The van der Waals surface area contributed by atoms with Crippen LogP contribution in [-0.2, 0) is 13.1 Å². The number of rotatable bonds is 6. The van der Waals surface area contributed by atoms with Crippen molar-refractivity contribution in [1.29, 1.82) is 0 Å². The molecule has 1 aromatic heterocycles. The topological polar surface area (TPSA) is 42.7 Å². The average Bonchev–Trinajstić information content (AvgIpc) is 2.95. The Bertz CT molecular complexity index is 913. The van der Waals surface area contributed by atoms with Crippen molar-refractivity contribution < 1.29 is 4.39 Å². The molecule has 1 heterocycles. The summed E-state index contributed by atoms with van der Waals surface area (Å²) in [6.45, 7) is 0.856. The molecule has 6 heteroatoms. The van der Waals surface area contributed by atoms with Gasteiger partial charge >= 0.3 is 0 Å². The van der Waals surface area contributed by atoms with Gasteiger partial charge in [0, 0.05) is 28.7 Å². The zero-order chi connectivity index (χ0) is 20.1. The van der Waals surface area contributed by atoms with Crippen molar-refractivity contribution in [3.8, 4) is 11.3 Å². The maximum absolute atomic E-state index is 14.2. The fourth-order valence-electron chi connectivity index (χ4n) is 3.94. The summed E-state index contributed by atoms with van der Waals surface area (Å²) in [7, 11) is 0. The van der Waals surface area contributed by atoms with E-state index in [9.17, 15) is 4.39 Å². The molecule has 152 valence electrons. The van der Waals surface area contributed by atoms with Crippen molar-refractivity contribution in [2.45, 2.75) is 57.7 Å². The highest BCUT2D eigenvalue weighted by Crippen LogP contribution is 2.24. The normalized spacial score (nSPS) is 15.4. The maximum Gasteiger partial charge on any atom is 0.129 e. The summed E-state index contributed by atoms with van der Waals surface area (Å²) >= 11 is 6.20. The molecule has 1 aliphatic rings. The summed E-state index contributed by atoms with van der Waals surface area (Å²) in [6, 6.07) is 15.3. The Balaban J connectivity index is 1.58. The van der Waals surface area contributed by atoms with Gasteiger partial charge in [-0.1, -0.05) is 73.7 Å². The Labute approximate surface area is 176 Å². The third-order valence-electron chi connectivity index (χ3n) is 5.55. The molecule has 1 saturated carbocycles. The third kappa shape index (κ3) is 5.03. The van der Waals surface area contributed by atoms with E-state index < -0.39 is 0 Å². The second kappa shape index (κ2) is 9.51. The number of halogens is 2. The molecule has 29 heavy (non-hydrogen) atoms. The van der Waals surface area contributed by atoms with E-state index in [4.69, 9.17) is 11.6 Å². The van der Waals surface area contributed by atoms with Crippen molar-refractivity contribution in [3.63, 3.8) is 0 Å². The summed E-state index contributed by atoms with van der Waals surface area (Å²) in [5.74, 6) is -0.339. The van der Waals surface area contributed by atoms with Crippen molar-refractivity contribution >= 4 is 11.6 Å². The van der Waals surface area contributed by atoms with E-state index in [0.29, 0.717) is 23.2 Å². The van der Waals surface area contributed by atoms with Crippen LogP contribution in [0.2, 0.25) is 5.02 Å². The molecule has 1 N–H and O–H groups in total. The summed E-state index contributed by atoms with van der Waals surface area (Å²) < 4.78 is 14.2. The number of nitrogens with one attached hydrogen (secondary N) is 1. The van der Waals surface area contributed by atoms with Gasteiger partial charge in [-0.3, -0.25) is 0 Å². The lowest BCUT2D eigenvalue weighted by molar-refractivity contribution is 0.453. The minimum Gasteiger partial charge on any atom is -0.308 e. The number of hydrogen-bond acceptors (Lipinski definition) is 3. The number of benzene rings is 2. The van der Waals surface area contributed by atoms with Crippen molar-refractivity contribution in [2.24, 2.45) is 0 Å². The fourth-order valence-corrected chi connectivity index (χ4v) is 4.16. The van der Waals surface area contributed by atoms with Crippen LogP contribution in [0.1, 0.15) is 49.8 Å². The van der Waals surface area contributed by atoms with Crippen molar-refractivity contribution in [1.82, 2.24) is 20.3 Å². The van der Waals surface area contributed by atoms with Crippen LogP contribution in [-0.4, -0.2) is 21.0 Å². The zero-order valence-corrected chi connectivity index (χ0v) is 17.2. The van der Waals surface area contributed by atoms with Gasteiger partial charge in [-0.2, -0.15) is 15.0 Å². The second-order valence-corrected chi connectivity index (χ2v) is 8.07. The molecule has 4 rings (SSSR count). The molecule has 0 atom stereocenters. The third-order valence-corrected chi connectivity index (χ3v) is 5.90. The van der Waals surface area contributed by atoms with E-state index in [1.165, 1.54) is 44.6 Å². The lowest BCUT2D eigenvalue weighted by Crippen LogP contribution is -2.28. The van der Waals surface area contributed by atoms with Gasteiger partial charge in [0.05, 0.1) is 6.54 Å². The van der Waals surface area contributed by atoms with E-state index in [1.54, 1.807) is 16.9 Å². The van der Waals surface area contributed by atoms with Crippen LogP contribution in [0.5, 0.6) is 0 Å². The van der Waals surface area contributed by atoms with Gasteiger partial charge in [0.25, 0.3) is 0 Å². The lowest BCUT2D eigenvalue weighted by Gasteiger charge is -2.15. The Morgan fingerprint density at radius 1 is 0.966 bits per heavy atom. The Hall–Kier alpha value is -2.24. The first-order chi connectivity index (χ1) is 14.2. The molecule has 4 nitrogen and oxygen atoms in total. The van der Waals surface area contributed by atoms with Gasteiger partial charge < -0.3 is 5.32 Å². The zero-order valence-electron chi connectivity index (χ0n) is 16.5. The van der Waals surface area contributed by atoms with Gasteiger partial charge in [-0.05, 0) is 25.0 Å². The molecule has 0 aliphatic heterocycles. The first kappa shape index (κ1) is 20.0. The Kier molecular flexibility index (Phi) is 6.57. The monoisotopic (exact) mass is 412 g/mol. The molecule has 2 aromatic carbocycles. The fraction of sp³-hybridized carbons (Fsp3) is 0.391. The molecule has 0 amide bonds. The standard InChI is InChI=1S/C23H26ClFN4/c24-20-13-8-14-21(25)19(20)16-29-27-22(15-26-18-11-6-1-2-7-12-18)23(28-29)17-9-4-3-5-10-17/h3-5,8-10,13-14,18,26H,1-2,6-7,11-12,15-16H2. The smallest absolute Gasteiger partial charge is 0.129 e. The van der Waals surface area contributed by atoms with E-state index >= 15 is 0 Å². The van der Waals surface area contributed by atoms with E-state index in [-0.39, 0.29) is 12.4 Å². The minimum absolute atomic E-state index is 0.203. The molecule has 0 radical (unpaired) electrons. The highest BCUT2D eigenvalue weighted by molar-refractivity contribution is 6.31. The van der Waals surface area contributed by atoms with Crippen molar-refractivity contribution in [3.05, 3.63) is 70.6 Å². The molecule has 3 aromatic rings. The summed E-state index contributed by atoms with van der Waals surface area (Å²) in [6.07, 6.45) is 7.63. The van der Waals surface area contributed by atoms with Gasteiger partial charge in [-0.15, -0.1) is 0 Å². The van der Waals surface area contributed by atoms with Crippen LogP contribution >= 0.6 is 11.6 Å². The van der Waals surface area contributed by atoms with Crippen LogP contribution in [0, 0.1) is 5.82 Å². The molecular formula is C23H26ClFN4. The quantitative estimate of drug-likeness (QED) is 0.536. The van der Waals surface area contributed by atoms with Gasteiger partial charge in [0.15, 0.2) is 0 Å². The van der Waals surface area contributed by atoms with Crippen molar-refractivity contribution in [2.75, 3.05) is 0 Å². The average molecular weight is 413 g/mol. The number of aromatic nitrogens is 3. The van der Waals surface area contributed by atoms with E-state index in [0.717, 1.165) is 17.0 Å². The molecule has 0 unspecified atom stereocenters. The van der Waals surface area contributed by atoms with Crippen LogP contribution in [0.25, 0.3) is 11.3 Å². The summed E-state index contributed by atoms with van der Waals surface area (Å²) in [4.78, 5) is 1.55. The SMILES string of the molecule is Fc1cccc(Cl)c1Cn1nc(CNC2CCCCCC2)c(-c2ccccc2)n1. The van der Waals surface area contributed by atoms with Gasteiger partial charge in [-0.25, -0.2) is 4.39 Å². The lowest BCUT2D eigenvalue weighted by atomic mass is 10.1. The van der Waals surface area contributed by atoms with E-state index in [2.05, 4.69) is 15.5 Å². The molecule has 1 fully saturated rings. The van der Waals surface area contributed by atoms with Crippen LogP contribution in [0.15, 0.2) is 48.5 Å². The maximum atomic E-state index is 14.2. The molecular weight excluding hydrogens is 387 g/mol. The van der Waals surface area contributed by atoms with Crippen LogP contribution < -0.4 is 5.32 Å². The second-order valence-electron chi connectivity index (χ2n) is 7.66. The molecule has 0 spiro atoms. The first-order valence-electron chi connectivity index (χ1n) is 10.4. The first-order valence-corrected chi connectivity index (χ1v) is 10.7. The predicted molar refractivity (Wildman–Crippen MR) is 114 cm³/mol. The van der Waals surface area contributed by atoms with Crippen LogP contribution in [0.4, 0.5) is 4.39 Å². The van der Waals surface area contributed by atoms with Gasteiger partial charge in [0.1, 0.15) is 17.2 Å². The molecule has 0 saturated heterocycles. The Morgan fingerprint density at radius 3 is 2.45 bits per heavy atom. The summed E-state index contributed by atoms with van der Waals surface area (Å²) in [5, 5.41) is 13.4. The molecule has 1 aliphatic carbocycles. The van der Waals surface area contributed by atoms with Gasteiger partial charge in [0.2, 0.25) is 0 Å². The minimum atomic E-state index is -0.339. The largest absolute Gasteiger partial charge is 0.308 e. The number of nitrogens with zero attached hydrogens (tertiary/aromatic N) is 3. The Morgan fingerprint density at radius 2 is 1.72 bits per heavy atom. The predicted octanol–water partition coefficient (Wildman–Crippen LogP) is 5.60. The number of hydrogen-bond donors (Lipinski definition) is 1. The van der Waals surface area contributed by atoms with Crippen LogP contribution in [0.3, 0.4) is 0 Å². The molecule has 0 bridgehead atoms. The highest BCUT2D eigenvalue weighted by atomic mass is 35.5. The van der Waals surface area contributed by atoms with E-state index in [1.807, 2.05) is 30.3 Å². The summed E-state index contributed by atoms with van der Waals surface area (Å²) in [5.41, 5.74) is 3.13.